The Kier molecular flexibility index (Phi) is 7.34. The Hall–Kier alpha value is -4.43. The third-order valence-corrected chi connectivity index (χ3v) is 10.4. The van der Waals surface area contributed by atoms with Crippen molar-refractivity contribution in [2.24, 2.45) is 0 Å². The molecular weight excluding hydrogens is 558 g/mol. The quantitative estimate of drug-likeness (QED) is 0.296. The summed E-state index contributed by atoms with van der Waals surface area (Å²) in [7, 11) is -4.02. The van der Waals surface area contributed by atoms with Gasteiger partial charge in [-0.15, -0.1) is 0 Å². The van der Waals surface area contributed by atoms with E-state index in [1.807, 2.05) is 32.0 Å². The molecule has 0 radical (unpaired) electrons. The van der Waals surface area contributed by atoms with Gasteiger partial charge in [-0.05, 0) is 86.3 Å². The molecule has 6 rings (SSSR count). The van der Waals surface area contributed by atoms with Crippen LogP contribution in [0.15, 0.2) is 88.7 Å². The number of piperazine rings is 1. The van der Waals surface area contributed by atoms with Gasteiger partial charge in [0.2, 0.25) is 9.84 Å². The molecule has 2 aliphatic rings. The maximum absolute atomic E-state index is 14.1. The van der Waals surface area contributed by atoms with Gasteiger partial charge in [-0.25, -0.2) is 8.42 Å². The molecule has 0 unspecified atom stereocenters. The number of benzene rings is 4. The minimum atomic E-state index is -4.02. The average molecular weight is 594 g/mol. The monoisotopic (exact) mass is 593 g/mol. The van der Waals surface area contributed by atoms with Crippen LogP contribution in [0.3, 0.4) is 0 Å². The highest BCUT2D eigenvalue weighted by atomic mass is 32.2. The highest BCUT2D eigenvalue weighted by Crippen LogP contribution is 2.39. The standard InChI is InChI=1S/C35H35N3O4S/c1-23-9-11-25(3)28(19-23)22-38-31-21-27(13-14-33(31)43(41,42)32-8-6-5-7-29(32)35(38)40)34(39)37-17-15-36(16-18-37)30-20-24(2)10-12-26(30)4/h5-14,19-21H,15-18,22H2,1-4H3. The Morgan fingerprint density at radius 1 is 0.721 bits per heavy atom. The third kappa shape index (κ3) is 5.20. The van der Waals surface area contributed by atoms with Gasteiger partial charge in [-0.3, -0.25) is 9.59 Å². The second kappa shape index (κ2) is 11.0. The number of nitrogens with zero attached hydrogens (tertiary/aromatic N) is 3. The van der Waals surface area contributed by atoms with Crippen LogP contribution < -0.4 is 9.80 Å². The van der Waals surface area contributed by atoms with E-state index >= 15 is 0 Å². The van der Waals surface area contributed by atoms with E-state index in [1.54, 1.807) is 35.2 Å². The lowest BCUT2D eigenvalue weighted by Gasteiger charge is -2.37. The fraction of sp³-hybridized carbons (Fsp3) is 0.257. The SMILES string of the molecule is Cc1ccc(C)c(CN2C(=O)c3ccccc3S(=O)(=O)c3ccc(C(=O)N4CCN(c5cc(C)ccc5C)CC4)cc32)c1. The number of sulfone groups is 1. The van der Waals surface area contributed by atoms with E-state index in [9.17, 15) is 18.0 Å². The molecule has 2 amide bonds. The van der Waals surface area contributed by atoms with Crippen molar-refractivity contribution in [2.75, 3.05) is 36.0 Å². The van der Waals surface area contributed by atoms with Gasteiger partial charge in [0, 0.05) is 37.4 Å². The van der Waals surface area contributed by atoms with Crippen LogP contribution in [-0.2, 0) is 16.4 Å². The van der Waals surface area contributed by atoms with E-state index in [2.05, 4.69) is 36.9 Å². The molecule has 7 nitrogen and oxygen atoms in total. The Balaban J connectivity index is 1.36. The first-order chi connectivity index (χ1) is 20.5. The van der Waals surface area contributed by atoms with Crippen molar-refractivity contribution in [1.82, 2.24) is 4.90 Å². The number of carbonyl (C=O) groups is 2. The van der Waals surface area contributed by atoms with Crippen molar-refractivity contribution in [3.8, 4) is 0 Å². The summed E-state index contributed by atoms with van der Waals surface area (Å²) in [6, 6.07) is 23.4. The largest absolute Gasteiger partial charge is 0.368 e. The lowest BCUT2D eigenvalue weighted by Crippen LogP contribution is -2.49. The molecule has 2 aliphatic heterocycles. The highest BCUT2D eigenvalue weighted by molar-refractivity contribution is 7.91. The van der Waals surface area contributed by atoms with Crippen LogP contribution in [0, 0.1) is 27.7 Å². The van der Waals surface area contributed by atoms with E-state index in [0.29, 0.717) is 31.7 Å². The number of carbonyl (C=O) groups excluding carboxylic acids is 2. The van der Waals surface area contributed by atoms with E-state index in [0.717, 1.165) is 16.7 Å². The van der Waals surface area contributed by atoms with Crippen LogP contribution in [0.4, 0.5) is 11.4 Å². The van der Waals surface area contributed by atoms with Crippen LogP contribution in [0.25, 0.3) is 0 Å². The van der Waals surface area contributed by atoms with Gasteiger partial charge in [0.15, 0.2) is 0 Å². The zero-order chi connectivity index (χ0) is 30.5. The molecular formula is C35H35N3O4S. The molecule has 0 aliphatic carbocycles. The predicted octanol–water partition coefficient (Wildman–Crippen LogP) is 5.88. The molecule has 43 heavy (non-hydrogen) atoms. The summed E-state index contributed by atoms with van der Waals surface area (Å²) >= 11 is 0. The average Bonchev–Trinajstić information content (AvgIpc) is 3.07. The number of amides is 2. The molecule has 0 bridgehead atoms. The zero-order valence-corrected chi connectivity index (χ0v) is 25.7. The fourth-order valence-electron chi connectivity index (χ4n) is 6.03. The summed E-state index contributed by atoms with van der Waals surface area (Å²) in [6.07, 6.45) is 0. The molecule has 0 aromatic heterocycles. The minimum Gasteiger partial charge on any atom is -0.368 e. The summed E-state index contributed by atoms with van der Waals surface area (Å²) in [6.45, 7) is 10.8. The lowest BCUT2D eigenvalue weighted by molar-refractivity contribution is 0.0746. The molecule has 4 aromatic rings. The molecule has 1 fully saturated rings. The summed E-state index contributed by atoms with van der Waals surface area (Å²) < 4.78 is 27.8. The van der Waals surface area contributed by atoms with Gasteiger partial charge in [-0.1, -0.05) is 48.0 Å². The van der Waals surface area contributed by atoms with Gasteiger partial charge in [0.1, 0.15) is 0 Å². The van der Waals surface area contributed by atoms with Crippen LogP contribution in [0.2, 0.25) is 0 Å². The van der Waals surface area contributed by atoms with Gasteiger partial charge >= 0.3 is 0 Å². The van der Waals surface area contributed by atoms with E-state index in [1.165, 1.54) is 33.8 Å². The summed E-state index contributed by atoms with van der Waals surface area (Å²) in [5, 5.41) is 0. The Bertz CT molecular complexity index is 1870. The number of hydrogen-bond donors (Lipinski definition) is 0. The third-order valence-electron chi connectivity index (χ3n) is 8.54. The van der Waals surface area contributed by atoms with Crippen molar-refractivity contribution in [1.29, 1.82) is 0 Å². The van der Waals surface area contributed by atoms with E-state index < -0.39 is 15.7 Å². The second-order valence-corrected chi connectivity index (χ2v) is 13.5. The van der Waals surface area contributed by atoms with E-state index in [4.69, 9.17) is 0 Å². The van der Waals surface area contributed by atoms with Crippen LogP contribution in [0.1, 0.15) is 48.5 Å². The first kappa shape index (κ1) is 28.7. The van der Waals surface area contributed by atoms with Gasteiger partial charge in [-0.2, -0.15) is 0 Å². The molecule has 0 spiro atoms. The molecule has 8 heteroatoms. The number of aryl methyl sites for hydroxylation is 4. The van der Waals surface area contributed by atoms with Crippen LogP contribution >= 0.6 is 0 Å². The topological polar surface area (TPSA) is 78.0 Å². The zero-order valence-electron chi connectivity index (χ0n) is 24.9. The highest BCUT2D eigenvalue weighted by Gasteiger charge is 2.36. The Labute approximate surface area is 253 Å². The summed E-state index contributed by atoms with van der Waals surface area (Å²) in [4.78, 5) is 33.5. The van der Waals surface area contributed by atoms with Crippen molar-refractivity contribution in [3.63, 3.8) is 0 Å². The summed E-state index contributed by atoms with van der Waals surface area (Å²) in [5.41, 5.74) is 7.24. The predicted molar refractivity (Wildman–Crippen MR) is 169 cm³/mol. The van der Waals surface area contributed by atoms with Gasteiger partial charge in [0.25, 0.3) is 11.8 Å². The number of hydrogen-bond acceptors (Lipinski definition) is 5. The molecule has 220 valence electrons. The van der Waals surface area contributed by atoms with Crippen molar-refractivity contribution in [3.05, 3.63) is 118 Å². The molecule has 2 heterocycles. The molecule has 0 N–H and O–H groups in total. The molecule has 0 saturated carbocycles. The van der Waals surface area contributed by atoms with Crippen molar-refractivity contribution < 1.29 is 18.0 Å². The lowest BCUT2D eigenvalue weighted by atomic mass is 10.0. The second-order valence-electron chi connectivity index (χ2n) is 11.6. The molecule has 1 saturated heterocycles. The number of rotatable bonds is 4. The van der Waals surface area contributed by atoms with Gasteiger partial charge in [0.05, 0.1) is 27.6 Å². The van der Waals surface area contributed by atoms with Crippen molar-refractivity contribution >= 4 is 33.0 Å². The van der Waals surface area contributed by atoms with Crippen LogP contribution in [-0.4, -0.2) is 51.3 Å². The van der Waals surface area contributed by atoms with Crippen molar-refractivity contribution in [2.45, 2.75) is 44.0 Å². The molecule has 0 atom stereocenters. The normalized spacial score (nSPS) is 16.0. The first-order valence-electron chi connectivity index (χ1n) is 14.5. The first-order valence-corrected chi connectivity index (χ1v) is 16.0. The minimum absolute atomic E-state index is 0.0207. The fourth-order valence-corrected chi connectivity index (χ4v) is 7.66. The summed E-state index contributed by atoms with van der Waals surface area (Å²) in [5.74, 6) is -0.590. The van der Waals surface area contributed by atoms with E-state index in [-0.39, 0.29) is 33.5 Å². The smallest absolute Gasteiger partial charge is 0.259 e. The molecule has 4 aromatic carbocycles. The van der Waals surface area contributed by atoms with Crippen LogP contribution in [0.5, 0.6) is 0 Å². The Morgan fingerprint density at radius 2 is 1.40 bits per heavy atom. The number of fused-ring (bicyclic) bond motifs is 2. The maximum Gasteiger partial charge on any atom is 0.259 e. The Morgan fingerprint density at radius 3 is 2.14 bits per heavy atom. The maximum atomic E-state index is 14.1. The van der Waals surface area contributed by atoms with Gasteiger partial charge < -0.3 is 14.7 Å². The number of anilines is 2.